The summed E-state index contributed by atoms with van der Waals surface area (Å²) in [7, 11) is 0. The molecule has 2 rings (SSSR count). The quantitative estimate of drug-likeness (QED) is 0.595. The van der Waals surface area contributed by atoms with Crippen LogP contribution in [-0.4, -0.2) is 22.3 Å². The van der Waals surface area contributed by atoms with Gasteiger partial charge in [0.25, 0.3) is 5.56 Å². The van der Waals surface area contributed by atoms with Gasteiger partial charge in [-0.1, -0.05) is 0 Å². The van der Waals surface area contributed by atoms with Crippen LogP contribution in [0, 0.1) is 0 Å². The number of aromatic nitrogens is 2. The maximum absolute atomic E-state index is 11.5. The van der Waals surface area contributed by atoms with Gasteiger partial charge in [0.15, 0.2) is 0 Å². The van der Waals surface area contributed by atoms with Crippen molar-refractivity contribution < 1.29 is 4.79 Å². The number of Topliss-reactive ketones (excluding diaryl/α,β-unsaturated/α-hetero) is 1. The van der Waals surface area contributed by atoms with E-state index in [-0.39, 0.29) is 11.8 Å². The molecule has 0 spiro atoms. The van der Waals surface area contributed by atoms with E-state index in [9.17, 15) is 14.4 Å². The van der Waals surface area contributed by atoms with Crippen LogP contribution >= 0.6 is 0 Å². The Bertz CT molecular complexity index is 503. The molecule has 1 aromatic rings. The molecule has 1 aliphatic heterocycles. The molecule has 1 aliphatic rings. The highest BCUT2D eigenvalue weighted by molar-refractivity contribution is 5.79. The largest absolute Gasteiger partial charge is 0.325 e. The number of hydrogen-bond acceptors (Lipinski definition) is 4. The van der Waals surface area contributed by atoms with Crippen LogP contribution in [0.1, 0.15) is 30.9 Å². The van der Waals surface area contributed by atoms with E-state index in [1.807, 2.05) is 0 Å². The summed E-state index contributed by atoms with van der Waals surface area (Å²) in [4.78, 5) is 38.4. The summed E-state index contributed by atoms with van der Waals surface area (Å²) in [5, 5.41) is 3.13. The summed E-state index contributed by atoms with van der Waals surface area (Å²) >= 11 is 0. The Balaban J connectivity index is 2.32. The van der Waals surface area contributed by atoms with E-state index in [1.165, 1.54) is 6.20 Å². The van der Waals surface area contributed by atoms with E-state index >= 15 is 0 Å². The Morgan fingerprint density at radius 2 is 2.06 bits per heavy atom. The molecule has 0 radical (unpaired) electrons. The minimum Gasteiger partial charge on any atom is -0.314 e. The SMILES string of the molecule is O=C1CCCNC(c2c[nH]c(=O)[nH]c2=O)C1. The van der Waals surface area contributed by atoms with Crippen LogP contribution < -0.4 is 16.6 Å². The highest BCUT2D eigenvalue weighted by Crippen LogP contribution is 2.16. The molecule has 6 heteroatoms. The third-order valence-electron chi connectivity index (χ3n) is 2.68. The van der Waals surface area contributed by atoms with Crippen LogP contribution in [0.2, 0.25) is 0 Å². The van der Waals surface area contributed by atoms with Gasteiger partial charge < -0.3 is 10.3 Å². The van der Waals surface area contributed by atoms with Crippen LogP contribution in [0.25, 0.3) is 0 Å². The van der Waals surface area contributed by atoms with Crippen LogP contribution in [0.3, 0.4) is 0 Å². The van der Waals surface area contributed by atoms with E-state index in [2.05, 4.69) is 15.3 Å². The lowest BCUT2D eigenvalue weighted by atomic mass is 10.0. The van der Waals surface area contributed by atoms with Crippen molar-refractivity contribution in [1.82, 2.24) is 15.3 Å². The third kappa shape index (κ3) is 2.27. The zero-order valence-electron chi connectivity index (χ0n) is 8.71. The van der Waals surface area contributed by atoms with Crippen molar-refractivity contribution in [2.45, 2.75) is 25.3 Å². The van der Waals surface area contributed by atoms with Crippen LogP contribution in [0.5, 0.6) is 0 Å². The molecule has 0 saturated carbocycles. The minimum atomic E-state index is -0.534. The summed E-state index contributed by atoms with van der Waals surface area (Å²) in [5.41, 5.74) is -0.556. The average Bonchev–Trinajstić information content (AvgIpc) is 2.43. The highest BCUT2D eigenvalue weighted by atomic mass is 16.2. The molecule has 1 fully saturated rings. The molecule has 1 saturated heterocycles. The number of carbonyl (C=O) groups is 1. The fraction of sp³-hybridized carbons (Fsp3) is 0.500. The number of carbonyl (C=O) groups excluding carboxylic acids is 1. The molecule has 16 heavy (non-hydrogen) atoms. The Morgan fingerprint density at radius 1 is 1.25 bits per heavy atom. The van der Waals surface area contributed by atoms with E-state index in [0.29, 0.717) is 24.9 Å². The predicted octanol–water partition coefficient (Wildman–Crippen LogP) is -0.553. The number of H-pyrrole nitrogens is 2. The molecular formula is C10H13N3O3. The summed E-state index contributed by atoms with van der Waals surface area (Å²) in [5.74, 6) is 0.139. The Morgan fingerprint density at radius 3 is 2.81 bits per heavy atom. The molecule has 0 aromatic carbocycles. The average molecular weight is 223 g/mol. The number of rotatable bonds is 1. The van der Waals surface area contributed by atoms with Crippen molar-refractivity contribution in [3.05, 3.63) is 32.6 Å². The van der Waals surface area contributed by atoms with Gasteiger partial charge in [0.05, 0.1) is 5.56 Å². The number of ketones is 1. The zero-order valence-corrected chi connectivity index (χ0v) is 8.71. The number of aromatic amines is 2. The minimum absolute atomic E-state index is 0.139. The monoisotopic (exact) mass is 223 g/mol. The molecule has 0 amide bonds. The molecule has 1 atom stereocenters. The van der Waals surface area contributed by atoms with Crippen LogP contribution in [0.15, 0.2) is 15.8 Å². The second-order valence-corrected chi connectivity index (χ2v) is 3.88. The number of hydrogen-bond donors (Lipinski definition) is 3. The summed E-state index contributed by atoms with van der Waals surface area (Å²) < 4.78 is 0. The molecular weight excluding hydrogens is 210 g/mol. The lowest BCUT2D eigenvalue weighted by molar-refractivity contribution is -0.119. The van der Waals surface area contributed by atoms with Gasteiger partial charge in [-0.05, 0) is 13.0 Å². The molecule has 6 nitrogen and oxygen atoms in total. The normalized spacial score (nSPS) is 21.8. The summed E-state index contributed by atoms with van der Waals surface area (Å²) in [6.07, 6.45) is 3.01. The Labute approximate surface area is 91.1 Å². The van der Waals surface area contributed by atoms with Gasteiger partial charge >= 0.3 is 5.69 Å². The van der Waals surface area contributed by atoms with Crippen molar-refractivity contribution in [1.29, 1.82) is 0 Å². The number of nitrogens with one attached hydrogen (secondary N) is 3. The van der Waals surface area contributed by atoms with Crippen molar-refractivity contribution in [2.75, 3.05) is 6.54 Å². The van der Waals surface area contributed by atoms with Gasteiger partial charge in [-0.15, -0.1) is 0 Å². The van der Waals surface area contributed by atoms with Crippen molar-refractivity contribution in [3.8, 4) is 0 Å². The predicted molar refractivity (Wildman–Crippen MR) is 57.3 cm³/mol. The molecule has 2 heterocycles. The van der Waals surface area contributed by atoms with Crippen molar-refractivity contribution >= 4 is 5.78 Å². The lowest BCUT2D eigenvalue weighted by Gasteiger charge is -2.13. The van der Waals surface area contributed by atoms with Gasteiger partial charge in [0, 0.05) is 25.1 Å². The fourth-order valence-corrected chi connectivity index (χ4v) is 1.86. The van der Waals surface area contributed by atoms with Gasteiger partial charge in [-0.3, -0.25) is 14.6 Å². The van der Waals surface area contributed by atoms with E-state index < -0.39 is 11.2 Å². The lowest BCUT2D eigenvalue weighted by Crippen LogP contribution is -2.31. The molecule has 1 aromatic heterocycles. The van der Waals surface area contributed by atoms with Gasteiger partial charge in [-0.25, -0.2) is 4.79 Å². The molecule has 0 bridgehead atoms. The van der Waals surface area contributed by atoms with E-state index in [4.69, 9.17) is 0 Å². The van der Waals surface area contributed by atoms with Gasteiger partial charge in [-0.2, -0.15) is 0 Å². The smallest absolute Gasteiger partial charge is 0.314 e. The molecule has 86 valence electrons. The third-order valence-corrected chi connectivity index (χ3v) is 2.68. The first kappa shape index (κ1) is 10.8. The Hall–Kier alpha value is -1.69. The molecule has 3 N–H and O–H groups in total. The second-order valence-electron chi connectivity index (χ2n) is 3.88. The van der Waals surface area contributed by atoms with Gasteiger partial charge in [0.1, 0.15) is 5.78 Å². The molecule has 1 unspecified atom stereocenters. The van der Waals surface area contributed by atoms with E-state index in [1.54, 1.807) is 0 Å². The van der Waals surface area contributed by atoms with Crippen molar-refractivity contribution in [3.63, 3.8) is 0 Å². The topological polar surface area (TPSA) is 94.8 Å². The first-order valence-corrected chi connectivity index (χ1v) is 5.24. The Kier molecular flexibility index (Phi) is 3.00. The van der Waals surface area contributed by atoms with E-state index in [0.717, 1.165) is 6.42 Å². The van der Waals surface area contributed by atoms with Crippen LogP contribution in [-0.2, 0) is 4.79 Å². The maximum Gasteiger partial charge on any atom is 0.325 e. The summed E-state index contributed by atoms with van der Waals surface area (Å²) in [6, 6.07) is -0.296. The standard InChI is InChI=1S/C10H13N3O3/c14-6-2-1-3-11-8(4-6)7-5-12-10(16)13-9(7)15/h5,8,11H,1-4H2,(H2,12,13,15,16). The second kappa shape index (κ2) is 4.44. The first-order chi connectivity index (χ1) is 7.66. The van der Waals surface area contributed by atoms with Crippen LogP contribution in [0.4, 0.5) is 0 Å². The fourth-order valence-electron chi connectivity index (χ4n) is 1.86. The van der Waals surface area contributed by atoms with Crippen molar-refractivity contribution in [2.24, 2.45) is 0 Å². The molecule has 0 aliphatic carbocycles. The summed E-state index contributed by atoms with van der Waals surface area (Å²) in [6.45, 7) is 0.703. The zero-order chi connectivity index (χ0) is 11.5. The maximum atomic E-state index is 11.5. The first-order valence-electron chi connectivity index (χ1n) is 5.24. The van der Waals surface area contributed by atoms with Gasteiger partial charge in [0.2, 0.25) is 0 Å². The highest BCUT2D eigenvalue weighted by Gasteiger charge is 2.21.